The van der Waals surface area contributed by atoms with Crippen molar-refractivity contribution in [3.05, 3.63) is 60.1 Å². The van der Waals surface area contributed by atoms with Gasteiger partial charge in [-0.1, -0.05) is 30.3 Å². The smallest absolute Gasteiger partial charge is 0.222 e. The number of nitrogens with two attached hydrogens (primary N) is 1. The molecule has 1 aromatic carbocycles. The molecule has 1 amide bonds. The van der Waals surface area contributed by atoms with Crippen LogP contribution in [0.25, 0.3) is 0 Å². The largest absolute Gasteiger partial charge is 0.467 e. The fourth-order valence-electron chi connectivity index (χ4n) is 1.93. The Morgan fingerprint density at radius 2 is 2.00 bits per heavy atom. The standard InChI is InChI=1S/C15H18N2O2/c1-11(14-8-5-9-19-14)17-15(18)10-13(16)12-6-3-2-4-7-12/h2-9,11,13H,10,16H2,1H3,(H,17,18)/t11-,13+/m1/s1. The van der Waals surface area contributed by atoms with E-state index >= 15 is 0 Å². The first-order chi connectivity index (χ1) is 9.16. The van der Waals surface area contributed by atoms with Crippen LogP contribution in [0.2, 0.25) is 0 Å². The number of hydrogen-bond acceptors (Lipinski definition) is 3. The second kappa shape index (κ2) is 6.20. The van der Waals surface area contributed by atoms with Crippen molar-refractivity contribution in [1.29, 1.82) is 0 Å². The zero-order valence-electron chi connectivity index (χ0n) is 10.9. The lowest BCUT2D eigenvalue weighted by Gasteiger charge is -2.15. The minimum atomic E-state index is -0.287. The van der Waals surface area contributed by atoms with E-state index in [1.807, 2.05) is 43.3 Å². The van der Waals surface area contributed by atoms with Crippen molar-refractivity contribution in [2.75, 3.05) is 0 Å². The fourth-order valence-corrected chi connectivity index (χ4v) is 1.93. The minimum absolute atomic E-state index is 0.0831. The molecule has 0 unspecified atom stereocenters. The van der Waals surface area contributed by atoms with E-state index in [-0.39, 0.29) is 24.4 Å². The summed E-state index contributed by atoms with van der Waals surface area (Å²) in [6, 6.07) is 12.8. The number of furan rings is 1. The van der Waals surface area contributed by atoms with Crippen LogP contribution in [0.5, 0.6) is 0 Å². The number of benzene rings is 1. The summed E-state index contributed by atoms with van der Waals surface area (Å²) >= 11 is 0. The van der Waals surface area contributed by atoms with E-state index in [9.17, 15) is 4.79 Å². The van der Waals surface area contributed by atoms with Crippen LogP contribution in [0.1, 0.15) is 36.8 Å². The van der Waals surface area contributed by atoms with Gasteiger partial charge in [-0.25, -0.2) is 0 Å². The summed E-state index contributed by atoms with van der Waals surface area (Å²) in [5.74, 6) is 0.655. The molecule has 4 heteroatoms. The molecule has 0 fully saturated rings. The number of nitrogens with one attached hydrogen (secondary N) is 1. The van der Waals surface area contributed by atoms with E-state index in [0.717, 1.165) is 11.3 Å². The van der Waals surface area contributed by atoms with E-state index < -0.39 is 0 Å². The summed E-state index contributed by atoms with van der Waals surface area (Å²) in [7, 11) is 0. The molecule has 100 valence electrons. The van der Waals surface area contributed by atoms with Gasteiger partial charge in [-0.3, -0.25) is 4.79 Å². The average molecular weight is 258 g/mol. The van der Waals surface area contributed by atoms with Gasteiger partial charge in [-0.05, 0) is 24.6 Å². The molecular weight excluding hydrogens is 240 g/mol. The van der Waals surface area contributed by atoms with Gasteiger partial charge >= 0.3 is 0 Å². The third-order valence-corrected chi connectivity index (χ3v) is 2.98. The summed E-state index contributed by atoms with van der Waals surface area (Å²) in [5.41, 5.74) is 6.97. The summed E-state index contributed by atoms with van der Waals surface area (Å²) in [4.78, 5) is 11.9. The molecule has 2 atom stereocenters. The first-order valence-electron chi connectivity index (χ1n) is 6.30. The zero-order chi connectivity index (χ0) is 13.7. The Morgan fingerprint density at radius 1 is 1.26 bits per heavy atom. The summed E-state index contributed by atoms with van der Waals surface area (Å²) in [6.07, 6.45) is 1.85. The van der Waals surface area contributed by atoms with Crippen molar-refractivity contribution in [3.63, 3.8) is 0 Å². The van der Waals surface area contributed by atoms with Gasteiger partial charge in [0.15, 0.2) is 0 Å². The molecule has 0 spiro atoms. The first kappa shape index (κ1) is 13.4. The Hall–Kier alpha value is -2.07. The van der Waals surface area contributed by atoms with Crippen LogP contribution < -0.4 is 11.1 Å². The maximum Gasteiger partial charge on any atom is 0.222 e. The van der Waals surface area contributed by atoms with Crippen molar-refractivity contribution in [2.24, 2.45) is 5.73 Å². The molecule has 2 aromatic rings. The van der Waals surface area contributed by atoms with Crippen LogP contribution >= 0.6 is 0 Å². The molecule has 0 aliphatic rings. The Balaban J connectivity index is 1.88. The van der Waals surface area contributed by atoms with Crippen LogP contribution in [-0.2, 0) is 4.79 Å². The lowest BCUT2D eigenvalue weighted by atomic mass is 10.0. The SMILES string of the molecule is C[C@@H](NC(=O)C[C@H](N)c1ccccc1)c1ccco1. The van der Waals surface area contributed by atoms with Crippen molar-refractivity contribution in [2.45, 2.75) is 25.4 Å². The molecule has 4 nitrogen and oxygen atoms in total. The second-order valence-corrected chi connectivity index (χ2v) is 4.53. The summed E-state index contributed by atoms with van der Waals surface area (Å²) in [6.45, 7) is 1.88. The predicted molar refractivity (Wildman–Crippen MR) is 73.3 cm³/mol. The van der Waals surface area contributed by atoms with Gasteiger partial charge in [0.05, 0.1) is 12.3 Å². The number of carbonyl (C=O) groups excluding carboxylic acids is 1. The van der Waals surface area contributed by atoms with Gasteiger partial charge in [-0.15, -0.1) is 0 Å². The topological polar surface area (TPSA) is 68.3 Å². The van der Waals surface area contributed by atoms with Crippen LogP contribution in [0.3, 0.4) is 0 Å². The summed E-state index contributed by atoms with van der Waals surface area (Å²) in [5, 5.41) is 2.87. The van der Waals surface area contributed by atoms with Gasteiger partial charge < -0.3 is 15.5 Å². The molecule has 3 N–H and O–H groups in total. The van der Waals surface area contributed by atoms with Crippen LogP contribution in [0.4, 0.5) is 0 Å². The lowest BCUT2D eigenvalue weighted by molar-refractivity contribution is -0.122. The molecule has 19 heavy (non-hydrogen) atoms. The maximum atomic E-state index is 11.9. The zero-order valence-corrected chi connectivity index (χ0v) is 10.9. The number of amides is 1. The third kappa shape index (κ3) is 3.69. The Labute approximate surface area is 112 Å². The number of hydrogen-bond donors (Lipinski definition) is 2. The van der Waals surface area contributed by atoms with Crippen LogP contribution in [0.15, 0.2) is 53.1 Å². The highest BCUT2D eigenvalue weighted by atomic mass is 16.3. The molecule has 0 aliphatic heterocycles. The highest BCUT2D eigenvalue weighted by Crippen LogP contribution is 2.16. The van der Waals surface area contributed by atoms with Gasteiger partial charge in [0.1, 0.15) is 5.76 Å². The highest BCUT2D eigenvalue weighted by Gasteiger charge is 2.15. The molecule has 0 aliphatic carbocycles. The molecule has 2 rings (SSSR count). The Kier molecular flexibility index (Phi) is 4.36. The lowest BCUT2D eigenvalue weighted by Crippen LogP contribution is -2.29. The molecule has 1 heterocycles. The van der Waals surface area contributed by atoms with E-state index in [2.05, 4.69) is 5.32 Å². The van der Waals surface area contributed by atoms with Gasteiger partial charge in [0.25, 0.3) is 0 Å². The van der Waals surface area contributed by atoms with Crippen molar-refractivity contribution >= 4 is 5.91 Å². The monoisotopic (exact) mass is 258 g/mol. The Bertz CT molecular complexity index is 508. The average Bonchev–Trinajstić information content (AvgIpc) is 2.93. The normalized spacial score (nSPS) is 13.8. The highest BCUT2D eigenvalue weighted by molar-refractivity contribution is 5.77. The van der Waals surface area contributed by atoms with E-state index in [1.165, 1.54) is 0 Å². The van der Waals surface area contributed by atoms with Crippen LogP contribution in [-0.4, -0.2) is 5.91 Å². The third-order valence-electron chi connectivity index (χ3n) is 2.98. The van der Waals surface area contributed by atoms with E-state index in [4.69, 9.17) is 10.2 Å². The van der Waals surface area contributed by atoms with Gasteiger partial charge in [0, 0.05) is 12.5 Å². The molecular formula is C15H18N2O2. The van der Waals surface area contributed by atoms with Crippen molar-refractivity contribution in [3.8, 4) is 0 Å². The Morgan fingerprint density at radius 3 is 2.63 bits per heavy atom. The van der Waals surface area contributed by atoms with Gasteiger partial charge in [-0.2, -0.15) is 0 Å². The maximum absolute atomic E-state index is 11.9. The van der Waals surface area contributed by atoms with E-state index in [0.29, 0.717) is 0 Å². The van der Waals surface area contributed by atoms with Crippen molar-refractivity contribution < 1.29 is 9.21 Å². The molecule has 0 radical (unpaired) electrons. The first-order valence-corrected chi connectivity index (χ1v) is 6.30. The fraction of sp³-hybridized carbons (Fsp3) is 0.267. The number of carbonyl (C=O) groups is 1. The molecule has 0 bridgehead atoms. The van der Waals surface area contributed by atoms with Crippen LogP contribution in [0, 0.1) is 0 Å². The quantitative estimate of drug-likeness (QED) is 0.866. The predicted octanol–water partition coefficient (Wildman–Crippen LogP) is 2.55. The minimum Gasteiger partial charge on any atom is -0.467 e. The molecule has 0 saturated carbocycles. The molecule has 0 saturated heterocycles. The second-order valence-electron chi connectivity index (χ2n) is 4.53. The van der Waals surface area contributed by atoms with Crippen molar-refractivity contribution in [1.82, 2.24) is 5.32 Å². The van der Waals surface area contributed by atoms with E-state index in [1.54, 1.807) is 12.3 Å². The van der Waals surface area contributed by atoms with Gasteiger partial charge in [0.2, 0.25) is 5.91 Å². The molecule has 1 aromatic heterocycles. The summed E-state index contributed by atoms with van der Waals surface area (Å²) < 4.78 is 5.24. The number of rotatable bonds is 5.